The maximum Gasteiger partial charge on any atom is 0.267 e. The summed E-state index contributed by atoms with van der Waals surface area (Å²) in [6.45, 7) is 0. The average molecular weight is 237 g/mol. The van der Waals surface area contributed by atoms with Crippen LogP contribution in [-0.2, 0) is 0 Å². The number of nitrogens with one attached hydrogen (secondary N) is 1. The van der Waals surface area contributed by atoms with Crippen LogP contribution >= 0.6 is 11.8 Å². The van der Waals surface area contributed by atoms with Crippen LogP contribution in [0.4, 0.5) is 0 Å². The summed E-state index contributed by atoms with van der Waals surface area (Å²) in [5.74, 6) is 0.362. The Morgan fingerprint density at radius 3 is 2.94 bits per heavy atom. The fourth-order valence-corrected chi connectivity index (χ4v) is 1.52. The fraction of sp³-hybridized carbons (Fsp3) is 0.0909. The van der Waals surface area contributed by atoms with E-state index < -0.39 is 0 Å². The van der Waals surface area contributed by atoms with Crippen molar-refractivity contribution in [2.24, 2.45) is 0 Å². The van der Waals surface area contributed by atoms with E-state index in [1.54, 1.807) is 19.2 Å². The first-order valence-electron chi connectivity index (χ1n) is 4.59. The predicted molar refractivity (Wildman–Crippen MR) is 61.6 cm³/mol. The van der Waals surface area contributed by atoms with Crippen molar-refractivity contribution < 1.29 is 9.53 Å². The minimum Gasteiger partial charge on any atom is -0.497 e. The third-order valence-corrected chi connectivity index (χ3v) is 2.41. The van der Waals surface area contributed by atoms with Gasteiger partial charge in [0.05, 0.1) is 18.2 Å². The summed E-state index contributed by atoms with van der Waals surface area (Å²) < 4.78 is 5.08. The molecule has 0 atom stereocenters. The number of hydrogen-bond acceptors (Lipinski definition) is 3. The van der Waals surface area contributed by atoms with Crippen LogP contribution in [0, 0.1) is 0 Å². The number of rotatable bonds is 2. The van der Waals surface area contributed by atoms with Gasteiger partial charge in [-0.15, -0.1) is 0 Å². The lowest BCUT2D eigenvalue weighted by atomic mass is 10.1. The van der Waals surface area contributed by atoms with Crippen molar-refractivity contribution in [2.75, 3.05) is 7.11 Å². The number of amides is 1. The molecule has 16 heavy (non-hydrogen) atoms. The second-order valence-electron chi connectivity index (χ2n) is 3.21. The molecule has 0 aliphatic carbocycles. The molecule has 0 unspecified atom stereocenters. The quantitative estimate of drug-likeness (QED) is 0.813. The van der Waals surface area contributed by atoms with Crippen LogP contribution in [0.5, 0.6) is 5.75 Å². The molecule has 0 aliphatic rings. The van der Waals surface area contributed by atoms with Crippen LogP contribution in [0.15, 0.2) is 30.5 Å². The summed E-state index contributed by atoms with van der Waals surface area (Å²) >= 11 is 5.24. The van der Waals surface area contributed by atoms with Gasteiger partial charge in [0.2, 0.25) is 0 Å². The van der Waals surface area contributed by atoms with Crippen molar-refractivity contribution in [3.8, 4) is 5.75 Å². The molecule has 2 rings (SSSR count). The van der Waals surface area contributed by atoms with E-state index >= 15 is 0 Å². The number of benzene rings is 1. The zero-order valence-electron chi connectivity index (χ0n) is 8.53. The van der Waals surface area contributed by atoms with Gasteiger partial charge < -0.3 is 4.74 Å². The highest BCUT2D eigenvalue weighted by Crippen LogP contribution is 2.19. The first kappa shape index (κ1) is 10.7. The van der Waals surface area contributed by atoms with Gasteiger partial charge in [-0.3, -0.25) is 14.6 Å². The number of ether oxygens (including phenoxy) is 1. The van der Waals surface area contributed by atoms with Crippen molar-refractivity contribution in [1.82, 2.24) is 9.82 Å². The topological polar surface area (TPSA) is 51.2 Å². The Kier molecular flexibility index (Phi) is 2.92. The molecule has 0 aliphatic heterocycles. The molecule has 82 valence electrons. The Hall–Kier alpha value is -1.81. The van der Waals surface area contributed by atoms with Gasteiger partial charge in [0.1, 0.15) is 5.75 Å². The predicted octanol–water partition coefficient (Wildman–Crippen LogP) is 2.13. The summed E-state index contributed by atoms with van der Waals surface area (Å²) in [7, 11) is 1.59. The minimum absolute atomic E-state index is 0.369. The highest BCUT2D eigenvalue weighted by Gasteiger charge is 2.06. The van der Waals surface area contributed by atoms with E-state index in [1.165, 1.54) is 6.20 Å². The van der Waals surface area contributed by atoms with E-state index in [-0.39, 0.29) is 5.91 Å². The van der Waals surface area contributed by atoms with E-state index in [0.29, 0.717) is 5.56 Å². The molecule has 2 aromatic rings. The van der Waals surface area contributed by atoms with Crippen LogP contribution in [0.1, 0.15) is 10.4 Å². The zero-order valence-corrected chi connectivity index (χ0v) is 9.28. The van der Waals surface area contributed by atoms with Crippen LogP contribution in [-0.4, -0.2) is 18.0 Å². The smallest absolute Gasteiger partial charge is 0.267 e. The number of carbonyl (C=O) groups is 1. The molecule has 0 spiro atoms. The zero-order chi connectivity index (χ0) is 11.5. The molecule has 0 radical (unpaired) electrons. The van der Waals surface area contributed by atoms with Gasteiger partial charge in [-0.25, -0.2) is 0 Å². The van der Waals surface area contributed by atoms with Gasteiger partial charge in [0, 0.05) is 29.4 Å². The van der Waals surface area contributed by atoms with E-state index in [0.717, 1.165) is 16.7 Å². The van der Waals surface area contributed by atoms with Gasteiger partial charge in [0.15, 0.2) is 0 Å². The number of fused-ring (bicyclic) bond motifs is 1. The van der Waals surface area contributed by atoms with Crippen molar-refractivity contribution >= 4 is 28.6 Å². The number of hydrogen-bond donors (Lipinski definition) is 1. The number of nitrogens with zero attached hydrogens (tertiary/aromatic N) is 1. The molecular weight excluding hydrogens is 228 g/mol. The van der Waals surface area contributed by atoms with Crippen molar-refractivity contribution in [3.63, 3.8) is 0 Å². The van der Waals surface area contributed by atoms with E-state index in [4.69, 9.17) is 16.5 Å². The summed E-state index contributed by atoms with van der Waals surface area (Å²) in [6, 6.07) is 7.18. The SMILES string of the molecule is COc1ccc2cc(C(=O)NCl)cnc2c1. The lowest BCUT2D eigenvalue weighted by Gasteiger charge is -2.03. The maximum absolute atomic E-state index is 11.3. The van der Waals surface area contributed by atoms with Crippen LogP contribution in [0.2, 0.25) is 0 Å². The molecule has 1 N–H and O–H groups in total. The normalized spacial score (nSPS) is 10.1. The second kappa shape index (κ2) is 4.37. The largest absolute Gasteiger partial charge is 0.497 e. The molecule has 1 amide bonds. The van der Waals surface area contributed by atoms with E-state index in [1.807, 2.05) is 17.0 Å². The molecule has 0 saturated heterocycles. The molecule has 0 bridgehead atoms. The summed E-state index contributed by atoms with van der Waals surface area (Å²) in [4.78, 5) is 17.5. The van der Waals surface area contributed by atoms with Crippen LogP contribution in [0.3, 0.4) is 0 Å². The van der Waals surface area contributed by atoms with Gasteiger partial charge in [-0.05, 0) is 18.2 Å². The molecule has 1 heterocycles. The molecule has 1 aromatic carbocycles. The van der Waals surface area contributed by atoms with Crippen molar-refractivity contribution in [1.29, 1.82) is 0 Å². The van der Waals surface area contributed by atoms with Gasteiger partial charge in [-0.2, -0.15) is 0 Å². The second-order valence-corrected chi connectivity index (χ2v) is 3.40. The van der Waals surface area contributed by atoms with Gasteiger partial charge >= 0.3 is 0 Å². The van der Waals surface area contributed by atoms with Crippen molar-refractivity contribution in [2.45, 2.75) is 0 Å². The lowest BCUT2D eigenvalue weighted by Crippen LogP contribution is -2.12. The lowest BCUT2D eigenvalue weighted by molar-refractivity contribution is 0.0981. The number of halogens is 1. The number of aromatic nitrogens is 1. The average Bonchev–Trinajstić information content (AvgIpc) is 2.36. The Morgan fingerprint density at radius 1 is 1.44 bits per heavy atom. The molecule has 0 fully saturated rings. The fourth-order valence-electron chi connectivity index (χ4n) is 1.41. The standard InChI is InChI=1S/C11H9ClN2O2/c1-16-9-3-2-7-4-8(11(15)14-12)6-13-10(7)5-9/h2-6H,1H3,(H,14,15). The number of methoxy groups -OCH3 is 1. The third kappa shape index (κ3) is 1.92. The van der Waals surface area contributed by atoms with E-state index in [2.05, 4.69) is 4.98 Å². The Bertz CT molecular complexity index is 542. The van der Waals surface area contributed by atoms with Gasteiger partial charge in [0.25, 0.3) is 5.91 Å². The van der Waals surface area contributed by atoms with Crippen LogP contribution < -0.4 is 9.57 Å². The highest BCUT2D eigenvalue weighted by molar-refractivity contribution is 6.24. The van der Waals surface area contributed by atoms with E-state index in [9.17, 15) is 4.79 Å². The third-order valence-electron chi connectivity index (χ3n) is 2.24. The molecule has 1 aromatic heterocycles. The minimum atomic E-state index is -0.369. The molecule has 5 heteroatoms. The van der Waals surface area contributed by atoms with Gasteiger partial charge in [-0.1, -0.05) is 0 Å². The first-order chi connectivity index (χ1) is 7.74. The van der Waals surface area contributed by atoms with Crippen molar-refractivity contribution in [3.05, 3.63) is 36.0 Å². The summed E-state index contributed by atoms with van der Waals surface area (Å²) in [6.07, 6.45) is 1.47. The summed E-state index contributed by atoms with van der Waals surface area (Å²) in [5.41, 5.74) is 1.19. The Balaban J connectivity index is 2.51. The number of carbonyl (C=O) groups excluding carboxylic acids is 1. The Labute approximate surface area is 97.3 Å². The molecule has 4 nitrogen and oxygen atoms in total. The van der Waals surface area contributed by atoms with Crippen LogP contribution in [0.25, 0.3) is 10.9 Å². The molecule has 0 saturated carbocycles. The Morgan fingerprint density at radius 2 is 2.25 bits per heavy atom. The highest BCUT2D eigenvalue weighted by atomic mass is 35.5. The molecular formula is C11H9ClN2O2. The first-order valence-corrected chi connectivity index (χ1v) is 4.97. The monoisotopic (exact) mass is 236 g/mol. The number of pyridine rings is 1. The maximum atomic E-state index is 11.3. The summed E-state index contributed by atoms with van der Waals surface area (Å²) in [5, 5.41) is 0.860.